The molecule has 1 aliphatic rings. The van der Waals surface area contributed by atoms with Crippen LogP contribution in [0.2, 0.25) is 0 Å². The molecular weight excluding hydrogens is 294 g/mol. The van der Waals surface area contributed by atoms with Gasteiger partial charge < -0.3 is 15.4 Å². The monoisotopic (exact) mass is 315 g/mol. The number of carbonyl (C=O) groups excluding carboxylic acids is 1. The molecule has 1 aromatic heterocycles. The van der Waals surface area contributed by atoms with Crippen LogP contribution in [0, 0.1) is 0 Å². The highest BCUT2D eigenvalue weighted by atomic mass is 16.4. The fraction of sp³-hybridized carbons (Fsp3) is 0.412. The van der Waals surface area contributed by atoms with Gasteiger partial charge in [-0.2, -0.15) is 0 Å². The van der Waals surface area contributed by atoms with Crippen LogP contribution in [0.1, 0.15) is 30.1 Å². The number of likely N-dealkylation sites (N-methyl/N-ethyl adjacent to an activating group) is 1. The van der Waals surface area contributed by atoms with Crippen molar-refractivity contribution < 1.29 is 14.7 Å². The molecule has 3 rings (SSSR count). The quantitative estimate of drug-likeness (QED) is 0.759. The molecule has 0 atom stereocenters. The second-order valence-corrected chi connectivity index (χ2v) is 6.03. The van der Waals surface area contributed by atoms with Crippen molar-refractivity contribution in [1.29, 1.82) is 0 Å². The smallest absolute Gasteiger partial charge is 0.317 e. The Morgan fingerprint density at radius 1 is 1.35 bits per heavy atom. The Balaban J connectivity index is 1.54. The summed E-state index contributed by atoms with van der Waals surface area (Å²) in [6.45, 7) is 2.73. The number of amides is 1. The van der Waals surface area contributed by atoms with Gasteiger partial charge >= 0.3 is 5.97 Å². The van der Waals surface area contributed by atoms with Crippen molar-refractivity contribution in [3.8, 4) is 0 Å². The van der Waals surface area contributed by atoms with Gasteiger partial charge in [0.25, 0.3) is 5.91 Å². The van der Waals surface area contributed by atoms with E-state index < -0.39 is 5.97 Å². The Morgan fingerprint density at radius 2 is 2.13 bits per heavy atom. The van der Waals surface area contributed by atoms with Crippen LogP contribution in [-0.2, 0) is 4.79 Å². The number of aromatic nitrogens is 1. The van der Waals surface area contributed by atoms with E-state index in [-0.39, 0.29) is 24.5 Å². The average Bonchev–Trinajstić information content (AvgIpc) is 2.95. The maximum atomic E-state index is 12.3. The van der Waals surface area contributed by atoms with Gasteiger partial charge in [0.05, 0.1) is 6.54 Å². The van der Waals surface area contributed by atoms with Crippen LogP contribution in [-0.4, -0.2) is 52.0 Å². The summed E-state index contributed by atoms with van der Waals surface area (Å²) < 4.78 is 0. The number of hydrogen-bond donors (Lipinski definition) is 3. The number of fused-ring (bicyclic) bond motifs is 1. The Labute approximate surface area is 134 Å². The number of carbonyl (C=O) groups is 2. The van der Waals surface area contributed by atoms with E-state index in [0.29, 0.717) is 12.1 Å². The highest BCUT2D eigenvalue weighted by molar-refractivity contribution is 5.98. The first-order chi connectivity index (χ1) is 11.1. The number of nitrogens with zero attached hydrogens (tertiary/aromatic N) is 1. The van der Waals surface area contributed by atoms with E-state index in [1.807, 2.05) is 42.3 Å². The molecule has 6 nitrogen and oxygen atoms in total. The van der Waals surface area contributed by atoms with Crippen LogP contribution in [0.15, 0.2) is 30.5 Å². The van der Waals surface area contributed by atoms with Gasteiger partial charge in [-0.3, -0.25) is 14.5 Å². The van der Waals surface area contributed by atoms with Gasteiger partial charge in [0.15, 0.2) is 0 Å². The van der Waals surface area contributed by atoms with E-state index in [1.54, 1.807) is 0 Å². The minimum atomic E-state index is -0.806. The molecular formula is C17H21N3O3. The number of benzene rings is 1. The summed E-state index contributed by atoms with van der Waals surface area (Å²) in [6.07, 6.45) is 3.46. The Bertz CT molecular complexity index is 719. The van der Waals surface area contributed by atoms with Crippen molar-refractivity contribution in [2.75, 3.05) is 13.1 Å². The number of aliphatic carboxylic acids is 1. The number of hydrogen-bond acceptors (Lipinski definition) is 3. The minimum absolute atomic E-state index is 0.0615. The van der Waals surface area contributed by atoms with Crippen LogP contribution in [0.4, 0.5) is 0 Å². The Morgan fingerprint density at radius 3 is 2.83 bits per heavy atom. The normalized spacial score (nSPS) is 20.4. The first-order valence-electron chi connectivity index (χ1n) is 7.90. The zero-order chi connectivity index (χ0) is 16.4. The van der Waals surface area contributed by atoms with Crippen molar-refractivity contribution in [1.82, 2.24) is 15.2 Å². The van der Waals surface area contributed by atoms with Crippen molar-refractivity contribution in [3.05, 3.63) is 36.0 Å². The number of carboxylic acids is 1. The van der Waals surface area contributed by atoms with E-state index >= 15 is 0 Å². The van der Waals surface area contributed by atoms with E-state index in [9.17, 15) is 9.59 Å². The second-order valence-electron chi connectivity index (χ2n) is 6.03. The summed E-state index contributed by atoms with van der Waals surface area (Å²) in [4.78, 5) is 28.2. The molecule has 1 heterocycles. The minimum Gasteiger partial charge on any atom is -0.480 e. The molecule has 1 fully saturated rings. The SMILES string of the molecule is CCN(CC(=O)O)C1CC(NC(=O)c2ccc3[nH]ccc3c2)C1. The zero-order valence-corrected chi connectivity index (χ0v) is 13.1. The van der Waals surface area contributed by atoms with E-state index in [4.69, 9.17) is 5.11 Å². The zero-order valence-electron chi connectivity index (χ0n) is 13.1. The fourth-order valence-corrected chi connectivity index (χ4v) is 3.14. The summed E-state index contributed by atoms with van der Waals surface area (Å²) in [5, 5.41) is 12.9. The third-order valence-corrected chi connectivity index (χ3v) is 4.52. The highest BCUT2D eigenvalue weighted by Crippen LogP contribution is 2.26. The molecule has 0 unspecified atom stereocenters. The van der Waals surface area contributed by atoms with Gasteiger partial charge in [-0.25, -0.2) is 0 Å². The Kier molecular flexibility index (Phi) is 4.34. The molecule has 23 heavy (non-hydrogen) atoms. The first-order valence-corrected chi connectivity index (χ1v) is 7.90. The molecule has 0 radical (unpaired) electrons. The predicted octanol–water partition coefficient (Wildman–Crippen LogP) is 1.84. The van der Waals surface area contributed by atoms with Gasteiger partial charge in [-0.05, 0) is 43.7 Å². The summed E-state index contributed by atoms with van der Waals surface area (Å²) in [7, 11) is 0. The Hall–Kier alpha value is -2.34. The van der Waals surface area contributed by atoms with Crippen LogP contribution in [0.25, 0.3) is 10.9 Å². The summed E-state index contributed by atoms with van der Waals surface area (Å²) >= 11 is 0. The summed E-state index contributed by atoms with van der Waals surface area (Å²) in [5.74, 6) is -0.878. The first kappa shape index (κ1) is 15.6. The third kappa shape index (κ3) is 3.37. The molecule has 1 aliphatic carbocycles. The molecule has 1 aromatic carbocycles. The van der Waals surface area contributed by atoms with Crippen LogP contribution >= 0.6 is 0 Å². The second kappa shape index (κ2) is 6.42. The standard InChI is InChI=1S/C17H21N3O3/c1-2-20(10-16(21)22)14-8-13(9-14)19-17(23)12-3-4-15-11(7-12)5-6-18-15/h3-7,13-14,18H,2,8-10H2,1H3,(H,19,23)(H,21,22). The predicted molar refractivity (Wildman–Crippen MR) is 87.5 cm³/mol. The maximum absolute atomic E-state index is 12.3. The third-order valence-electron chi connectivity index (χ3n) is 4.52. The number of aromatic amines is 1. The number of rotatable bonds is 6. The molecule has 1 amide bonds. The largest absolute Gasteiger partial charge is 0.480 e. The lowest BCUT2D eigenvalue weighted by Crippen LogP contribution is -2.54. The van der Waals surface area contributed by atoms with Gasteiger partial charge in [0.1, 0.15) is 0 Å². The lowest BCUT2D eigenvalue weighted by Gasteiger charge is -2.42. The van der Waals surface area contributed by atoms with Crippen molar-refractivity contribution in [2.24, 2.45) is 0 Å². The van der Waals surface area contributed by atoms with Crippen molar-refractivity contribution >= 4 is 22.8 Å². The average molecular weight is 315 g/mol. The fourth-order valence-electron chi connectivity index (χ4n) is 3.14. The molecule has 1 saturated carbocycles. The maximum Gasteiger partial charge on any atom is 0.317 e. The van der Waals surface area contributed by atoms with Crippen LogP contribution in [0.5, 0.6) is 0 Å². The van der Waals surface area contributed by atoms with E-state index in [1.165, 1.54) is 0 Å². The topological polar surface area (TPSA) is 85.4 Å². The lowest BCUT2D eigenvalue weighted by atomic mass is 9.85. The molecule has 0 spiro atoms. The van der Waals surface area contributed by atoms with Crippen LogP contribution < -0.4 is 5.32 Å². The highest BCUT2D eigenvalue weighted by Gasteiger charge is 2.34. The number of H-pyrrole nitrogens is 1. The molecule has 0 bridgehead atoms. The number of carboxylic acid groups (broad SMARTS) is 1. The van der Waals surface area contributed by atoms with Crippen molar-refractivity contribution in [3.63, 3.8) is 0 Å². The molecule has 0 aliphatic heterocycles. The van der Waals surface area contributed by atoms with Crippen molar-refractivity contribution in [2.45, 2.75) is 31.8 Å². The summed E-state index contributed by atoms with van der Waals surface area (Å²) in [6, 6.07) is 7.90. The van der Waals surface area contributed by atoms with Crippen LogP contribution in [0.3, 0.4) is 0 Å². The molecule has 6 heteroatoms. The van der Waals surface area contributed by atoms with E-state index in [0.717, 1.165) is 23.7 Å². The molecule has 3 N–H and O–H groups in total. The lowest BCUT2D eigenvalue weighted by molar-refractivity contribution is -0.139. The number of nitrogens with one attached hydrogen (secondary N) is 2. The molecule has 2 aromatic rings. The van der Waals surface area contributed by atoms with E-state index in [2.05, 4.69) is 10.3 Å². The van der Waals surface area contributed by atoms with Gasteiger partial charge in [0.2, 0.25) is 0 Å². The van der Waals surface area contributed by atoms with Gasteiger partial charge in [-0.1, -0.05) is 6.92 Å². The van der Waals surface area contributed by atoms with Gasteiger partial charge in [0, 0.05) is 34.7 Å². The van der Waals surface area contributed by atoms with Gasteiger partial charge in [-0.15, -0.1) is 0 Å². The molecule has 0 saturated heterocycles. The molecule has 122 valence electrons. The summed E-state index contributed by atoms with van der Waals surface area (Å²) in [5.41, 5.74) is 1.66.